The van der Waals surface area contributed by atoms with E-state index >= 15 is 0 Å². The molecule has 1 aliphatic heterocycles. The van der Waals surface area contributed by atoms with Crippen molar-refractivity contribution in [2.75, 3.05) is 13.3 Å². The summed E-state index contributed by atoms with van der Waals surface area (Å²) in [5.41, 5.74) is 0. The van der Waals surface area contributed by atoms with E-state index in [1.54, 1.807) is 0 Å². The number of hydrogen-bond acceptors (Lipinski definition) is 2. The van der Waals surface area contributed by atoms with Crippen molar-refractivity contribution in [2.24, 2.45) is 5.92 Å². The van der Waals surface area contributed by atoms with Gasteiger partial charge in [-0.05, 0) is 19.3 Å². The van der Waals surface area contributed by atoms with E-state index in [4.69, 9.17) is 4.74 Å². The van der Waals surface area contributed by atoms with Crippen molar-refractivity contribution in [1.82, 2.24) is 4.90 Å². The average Bonchev–Trinajstić information content (AvgIpc) is 2.40. The standard InChI is InChI=1S/C14H21F4NO/c15-9-1-2-13(12(18)4-9)19-6-8-3-10(16)11(17)5-14(8)20-7-19/h8-14H,1-7H2. The second-order valence-electron chi connectivity index (χ2n) is 6.36. The van der Waals surface area contributed by atoms with Crippen LogP contribution < -0.4 is 0 Å². The third kappa shape index (κ3) is 2.82. The van der Waals surface area contributed by atoms with Gasteiger partial charge < -0.3 is 4.74 Å². The van der Waals surface area contributed by atoms with Gasteiger partial charge in [-0.15, -0.1) is 0 Å². The van der Waals surface area contributed by atoms with Crippen LogP contribution in [0.25, 0.3) is 0 Å². The lowest BCUT2D eigenvalue weighted by Gasteiger charge is -2.47. The van der Waals surface area contributed by atoms with Crippen molar-refractivity contribution >= 4 is 0 Å². The number of nitrogens with zero attached hydrogens (tertiary/aromatic N) is 1. The third-order valence-corrected chi connectivity index (χ3v) is 4.97. The van der Waals surface area contributed by atoms with E-state index in [1.165, 1.54) is 0 Å². The van der Waals surface area contributed by atoms with Gasteiger partial charge in [0.1, 0.15) is 24.7 Å². The molecule has 0 aromatic carbocycles. The summed E-state index contributed by atoms with van der Waals surface area (Å²) in [4.78, 5) is 1.85. The fourth-order valence-corrected chi connectivity index (χ4v) is 3.79. The monoisotopic (exact) mass is 295 g/mol. The Morgan fingerprint density at radius 3 is 2.35 bits per heavy atom. The van der Waals surface area contributed by atoms with E-state index in [0.717, 1.165) is 0 Å². The maximum atomic E-state index is 14.0. The van der Waals surface area contributed by atoms with Crippen molar-refractivity contribution in [1.29, 1.82) is 0 Å². The van der Waals surface area contributed by atoms with Crippen molar-refractivity contribution in [3.63, 3.8) is 0 Å². The molecule has 0 aromatic rings. The van der Waals surface area contributed by atoms with Crippen LogP contribution in [0.1, 0.15) is 32.1 Å². The topological polar surface area (TPSA) is 12.5 Å². The Morgan fingerprint density at radius 2 is 1.60 bits per heavy atom. The Hall–Kier alpha value is -0.360. The molecule has 6 heteroatoms. The van der Waals surface area contributed by atoms with Crippen LogP contribution in [0.4, 0.5) is 17.6 Å². The molecule has 0 N–H and O–H groups in total. The summed E-state index contributed by atoms with van der Waals surface area (Å²) >= 11 is 0. The van der Waals surface area contributed by atoms with Gasteiger partial charge in [0.25, 0.3) is 0 Å². The van der Waals surface area contributed by atoms with Gasteiger partial charge in [-0.2, -0.15) is 0 Å². The minimum Gasteiger partial charge on any atom is -0.362 e. The molecule has 0 spiro atoms. The molecule has 0 bridgehead atoms. The summed E-state index contributed by atoms with van der Waals surface area (Å²) in [5, 5.41) is 0. The highest BCUT2D eigenvalue weighted by atomic mass is 19.2. The molecule has 116 valence electrons. The van der Waals surface area contributed by atoms with Crippen LogP contribution >= 0.6 is 0 Å². The first kappa shape index (κ1) is 14.6. The van der Waals surface area contributed by atoms with E-state index in [-0.39, 0.29) is 44.1 Å². The van der Waals surface area contributed by atoms with Crippen LogP contribution in [0.3, 0.4) is 0 Å². The van der Waals surface area contributed by atoms with Crippen LogP contribution in [0, 0.1) is 5.92 Å². The largest absolute Gasteiger partial charge is 0.362 e. The number of alkyl halides is 4. The predicted octanol–water partition coefficient (Wildman–Crippen LogP) is 2.96. The zero-order valence-corrected chi connectivity index (χ0v) is 11.4. The first-order valence-corrected chi connectivity index (χ1v) is 7.46. The molecule has 7 unspecified atom stereocenters. The molecule has 0 amide bonds. The number of ether oxygens (including phenoxy) is 1. The van der Waals surface area contributed by atoms with Gasteiger partial charge in [0.15, 0.2) is 0 Å². The van der Waals surface area contributed by atoms with E-state index < -0.39 is 24.7 Å². The van der Waals surface area contributed by atoms with Crippen LogP contribution in [-0.4, -0.2) is 55.0 Å². The van der Waals surface area contributed by atoms with Crippen LogP contribution in [-0.2, 0) is 4.74 Å². The Kier molecular flexibility index (Phi) is 4.22. The zero-order valence-electron chi connectivity index (χ0n) is 11.4. The highest BCUT2D eigenvalue weighted by Crippen LogP contribution is 2.37. The van der Waals surface area contributed by atoms with Crippen molar-refractivity contribution in [3.8, 4) is 0 Å². The number of fused-ring (bicyclic) bond motifs is 1. The first-order chi connectivity index (χ1) is 9.54. The van der Waals surface area contributed by atoms with Crippen LogP contribution in [0.15, 0.2) is 0 Å². The molecule has 0 radical (unpaired) electrons. The Labute approximate surface area is 116 Å². The van der Waals surface area contributed by atoms with Crippen LogP contribution in [0.2, 0.25) is 0 Å². The van der Waals surface area contributed by atoms with Gasteiger partial charge in [0.05, 0.1) is 12.8 Å². The lowest BCUT2D eigenvalue weighted by molar-refractivity contribution is -0.160. The molecule has 2 nitrogen and oxygen atoms in total. The number of hydrogen-bond donors (Lipinski definition) is 0. The van der Waals surface area contributed by atoms with Gasteiger partial charge in [-0.1, -0.05) is 0 Å². The zero-order chi connectivity index (χ0) is 14.3. The molecule has 7 atom stereocenters. The van der Waals surface area contributed by atoms with E-state index in [0.29, 0.717) is 19.4 Å². The van der Waals surface area contributed by atoms with E-state index in [9.17, 15) is 17.6 Å². The van der Waals surface area contributed by atoms with Gasteiger partial charge in [-0.25, -0.2) is 17.6 Å². The smallest absolute Gasteiger partial charge is 0.134 e. The minimum absolute atomic E-state index is 0.0620. The Bertz CT molecular complexity index is 345. The molecule has 20 heavy (non-hydrogen) atoms. The van der Waals surface area contributed by atoms with Gasteiger partial charge in [0.2, 0.25) is 0 Å². The molecular weight excluding hydrogens is 274 g/mol. The summed E-state index contributed by atoms with van der Waals surface area (Å²) in [6, 6.07) is -0.343. The summed E-state index contributed by atoms with van der Waals surface area (Å²) in [6.07, 6.45) is -4.40. The molecule has 3 rings (SSSR count). The molecule has 2 aliphatic carbocycles. The number of halogens is 4. The third-order valence-electron chi connectivity index (χ3n) is 4.97. The highest BCUT2D eigenvalue weighted by Gasteiger charge is 2.44. The second kappa shape index (κ2) is 5.79. The normalized spacial score (nSPS) is 50.7. The molecule has 2 saturated carbocycles. The van der Waals surface area contributed by atoms with Crippen LogP contribution in [0.5, 0.6) is 0 Å². The van der Waals surface area contributed by atoms with Gasteiger partial charge in [-0.3, -0.25) is 4.90 Å². The Morgan fingerprint density at radius 1 is 0.850 bits per heavy atom. The summed E-state index contributed by atoms with van der Waals surface area (Å²) in [6.45, 7) is 0.771. The SMILES string of the molecule is FC1CCC(N2COC3CC(F)C(F)CC3C2)C(F)C1. The van der Waals surface area contributed by atoms with E-state index in [1.807, 2.05) is 4.90 Å². The summed E-state index contributed by atoms with van der Waals surface area (Å²) < 4.78 is 59.5. The van der Waals surface area contributed by atoms with E-state index in [2.05, 4.69) is 0 Å². The predicted molar refractivity (Wildman–Crippen MR) is 66.4 cm³/mol. The fourth-order valence-electron chi connectivity index (χ4n) is 3.79. The minimum atomic E-state index is -1.45. The van der Waals surface area contributed by atoms with Gasteiger partial charge in [0, 0.05) is 31.3 Å². The second-order valence-corrected chi connectivity index (χ2v) is 6.36. The highest BCUT2D eigenvalue weighted by molar-refractivity contribution is 4.94. The summed E-state index contributed by atoms with van der Waals surface area (Å²) in [7, 11) is 0. The molecular formula is C14H21F4NO. The molecule has 1 heterocycles. The Balaban J connectivity index is 1.61. The fraction of sp³-hybridized carbons (Fsp3) is 1.00. The average molecular weight is 295 g/mol. The maximum Gasteiger partial charge on any atom is 0.134 e. The van der Waals surface area contributed by atoms with Crippen molar-refractivity contribution in [3.05, 3.63) is 0 Å². The quantitative estimate of drug-likeness (QED) is 0.690. The maximum absolute atomic E-state index is 14.0. The molecule has 0 aromatic heterocycles. The summed E-state index contributed by atoms with van der Waals surface area (Å²) in [5.74, 6) is -0.0824. The molecule has 3 fully saturated rings. The number of rotatable bonds is 1. The molecule has 1 saturated heterocycles. The first-order valence-electron chi connectivity index (χ1n) is 7.46. The van der Waals surface area contributed by atoms with Crippen molar-refractivity contribution < 1.29 is 22.3 Å². The van der Waals surface area contributed by atoms with Crippen molar-refractivity contribution in [2.45, 2.75) is 68.9 Å². The lowest BCUT2D eigenvalue weighted by atomic mass is 9.82. The lowest BCUT2D eigenvalue weighted by Crippen LogP contribution is -2.56. The van der Waals surface area contributed by atoms with Gasteiger partial charge >= 0.3 is 0 Å². The molecule has 3 aliphatic rings.